The Morgan fingerprint density at radius 2 is 1.95 bits per heavy atom. The van der Waals surface area contributed by atoms with E-state index in [1.54, 1.807) is 6.92 Å². The molecule has 40 heavy (non-hydrogen) atoms. The van der Waals surface area contributed by atoms with Crippen LogP contribution in [0.4, 0.5) is 4.39 Å². The molecule has 2 N–H and O–H groups in total. The summed E-state index contributed by atoms with van der Waals surface area (Å²) in [5.41, 5.74) is -0.335. The number of aliphatic hydroxyl groups excluding tert-OH is 1. The lowest BCUT2D eigenvalue weighted by Crippen LogP contribution is -2.74. The highest BCUT2D eigenvalue weighted by Gasteiger charge is 2.68. The van der Waals surface area contributed by atoms with Gasteiger partial charge in [-0.15, -0.1) is 0 Å². The average Bonchev–Trinajstić information content (AvgIpc) is 2.93. The number of phenolic OH excluding ortho intramolecular Hbond substituents is 1. The molecule has 220 valence electrons. The van der Waals surface area contributed by atoms with Crippen LogP contribution in [0.5, 0.6) is 17.2 Å². The molecule has 0 saturated carbocycles. The van der Waals surface area contributed by atoms with Crippen LogP contribution in [0.3, 0.4) is 0 Å². The van der Waals surface area contributed by atoms with Crippen LogP contribution in [0.1, 0.15) is 80.0 Å². The fourth-order valence-corrected chi connectivity index (χ4v) is 6.42. The second kappa shape index (κ2) is 11.4. The molecule has 5 rings (SSSR count). The lowest BCUT2D eigenvalue weighted by atomic mass is 9.78. The van der Waals surface area contributed by atoms with Crippen molar-refractivity contribution in [2.24, 2.45) is 0 Å². The van der Waals surface area contributed by atoms with E-state index in [0.717, 1.165) is 12.8 Å². The van der Waals surface area contributed by atoms with Gasteiger partial charge < -0.3 is 38.6 Å². The Balaban J connectivity index is 1.73. The third-order valence-electron chi connectivity index (χ3n) is 8.51. The average molecular weight is 563 g/mol. The van der Waals surface area contributed by atoms with Gasteiger partial charge in [-0.1, -0.05) is 12.8 Å². The fraction of sp³-hybridized carbons (Fsp3) is 0.633. The molecule has 2 aliphatic heterocycles. The lowest BCUT2D eigenvalue weighted by Gasteiger charge is -2.57. The fourth-order valence-electron chi connectivity index (χ4n) is 6.42. The predicted molar refractivity (Wildman–Crippen MR) is 144 cm³/mol. The van der Waals surface area contributed by atoms with Gasteiger partial charge in [0.25, 0.3) is 5.79 Å². The molecule has 2 heterocycles. The van der Waals surface area contributed by atoms with Gasteiger partial charge in [-0.05, 0) is 45.6 Å². The van der Waals surface area contributed by atoms with Crippen molar-refractivity contribution < 1.29 is 47.8 Å². The molecule has 2 aromatic carbocycles. The number of carbonyl (C=O) groups is 1. The number of ether oxygens (including phenoxy) is 6. The number of ketones is 1. The third kappa shape index (κ3) is 4.36. The highest BCUT2D eigenvalue weighted by atomic mass is 19.1. The quantitative estimate of drug-likeness (QED) is 0.375. The maximum Gasteiger partial charge on any atom is 0.271 e. The zero-order valence-electron chi connectivity index (χ0n) is 23.6. The van der Waals surface area contributed by atoms with E-state index in [-0.39, 0.29) is 60.2 Å². The number of carbonyl (C=O) groups excluding carboxylic acids is 1. The maximum atomic E-state index is 16.1. The Labute approximate surface area is 233 Å². The molecule has 3 aliphatic rings. The third-order valence-corrected chi connectivity index (χ3v) is 8.51. The molecular formula is C30H39FO9. The zero-order chi connectivity index (χ0) is 28.7. The summed E-state index contributed by atoms with van der Waals surface area (Å²) < 4.78 is 53.4. The SMILES string of the molecule is CCOC1C2OC[C@@](C)(OC)[C@]1(OCCCCCCO)Oc1c2c(F)cc2c(OC)c3c(c(O)c12)C(=O)CCC3. The van der Waals surface area contributed by atoms with Crippen molar-refractivity contribution in [2.45, 2.75) is 82.4 Å². The summed E-state index contributed by atoms with van der Waals surface area (Å²) in [6, 6.07) is 1.31. The van der Waals surface area contributed by atoms with Gasteiger partial charge in [-0.2, -0.15) is 0 Å². The molecule has 0 aromatic heterocycles. The number of unbranched alkanes of at least 4 members (excludes halogenated alkanes) is 3. The first-order valence-corrected chi connectivity index (χ1v) is 14.1. The minimum Gasteiger partial charge on any atom is -0.506 e. The number of methoxy groups -OCH3 is 2. The molecule has 2 aromatic rings. The van der Waals surface area contributed by atoms with Gasteiger partial charge in [0.05, 0.1) is 36.8 Å². The summed E-state index contributed by atoms with van der Waals surface area (Å²) >= 11 is 0. The van der Waals surface area contributed by atoms with Crippen LogP contribution in [0.2, 0.25) is 0 Å². The Hall–Kier alpha value is -2.50. The predicted octanol–water partition coefficient (Wildman–Crippen LogP) is 4.75. The van der Waals surface area contributed by atoms with Crippen molar-refractivity contribution in [1.82, 2.24) is 0 Å². The van der Waals surface area contributed by atoms with Gasteiger partial charge in [0.1, 0.15) is 29.2 Å². The number of hydrogen-bond donors (Lipinski definition) is 2. The lowest BCUT2D eigenvalue weighted by molar-refractivity contribution is -0.388. The first-order valence-electron chi connectivity index (χ1n) is 14.1. The van der Waals surface area contributed by atoms with E-state index >= 15 is 4.39 Å². The molecule has 2 unspecified atom stereocenters. The number of phenols is 1. The molecule has 1 aliphatic carbocycles. The van der Waals surface area contributed by atoms with Crippen LogP contribution in [-0.2, 0) is 25.4 Å². The summed E-state index contributed by atoms with van der Waals surface area (Å²) in [4.78, 5) is 13.0. The van der Waals surface area contributed by atoms with Crippen LogP contribution in [0.15, 0.2) is 6.07 Å². The maximum absolute atomic E-state index is 16.1. The van der Waals surface area contributed by atoms with Crippen LogP contribution < -0.4 is 9.47 Å². The van der Waals surface area contributed by atoms with Gasteiger partial charge >= 0.3 is 0 Å². The summed E-state index contributed by atoms with van der Waals surface area (Å²) in [5.74, 6) is -2.27. The van der Waals surface area contributed by atoms with Crippen LogP contribution in [0, 0.1) is 5.82 Å². The number of aromatic hydroxyl groups is 1. The summed E-state index contributed by atoms with van der Waals surface area (Å²) in [7, 11) is 2.99. The molecule has 9 nitrogen and oxygen atoms in total. The number of Topliss-reactive ketones (excluding diaryl/α,β-unsaturated/α-hetero) is 1. The minimum absolute atomic E-state index is 0.0242. The number of benzene rings is 2. The molecule has 0 spiro atoms. The number of aliphatic hydroxyl groups is 1. The van der Waals surface area contributed by atoms with E-state index in [1.165, 1.54) is 20.3 Å². The first kappa shape index (κ1) is 29.0. The zero-order valence-corrected chi connectivity index (χ0v) is 23.6. The second-order valence-electron chi connectivity index (χ2n) is 10.8. The van der Waals surface area contributed by atoms with E-state index in [1.807, 2.05) is 6.92 Å². The number of hydrogen-bond acceptors (Lipinski definition) is 9. The van der Waals surface area contributed by atoms with Gasteiger partial charge in [0.2, 0.25) is 0 Å². The van der Waals surface area contributed by atoms with Crippen molar-refractivity contribution >= 4 is 16.6 Å². The summed E-state index contributed by atoms with van der Waals surface area (Å²) in [5, 5.41) is 21.2. The summed E-state index contributed by atoms with van der Waals surface area (Å²) in [6.07, 6.45) is 2.69. The van der Waals surface area contributed by atoms with Crippen LogP contribution in [-0.4, -0.2) is 74.1 Å². The van der Waals surface area contributed by atoms with Crippen molar-refractivity contribution in [3.63, 3.8) is 0 Å². The number of fused-ring (bicyclic) bond motifs is 7. The highest BCUT2D eigenvalue weighted by Crippen LogP contribution is 2.58. The first-order chi connectivity index (χ1) is 19.3. The van der Waals surface area contributed by atoms with E-state index in [4.69, 9.17) is 33.5 Å². The normalized spacial score (nSPS) is 27.3. The number of halogens is 1. The molecule has 2 bridgehead atoms. The van der Waals surface area contributed by atoms with E-state index in [0.29, 0.717) is 48.8 Å². The van der Waals surface area contributed by atoms with Crippen LogP contribution >= 0.6 is 0 Å². The molecular weight excluding hydrogens is 523 g/mol. The summed E-state index contributed by atoms with van der Waals surface area (Å²) in [6.45, 7) is 4.35. The molecule has 0 radical (unpaired) electrons. The largest absolute Gasteiger partial charge is 0.506 e. The minimum atomic E-state index is -1.56. The van der Waals surface area contributed by atoms with Crippen molar-refractivity contribution in [2.75, 3.05) is 40.6 Å². The van der Waals surface area contributed by atoms with Gasteiger partial charge in [0.15, 0.2) is 17.5 Å². The Morgan fingerprint density at radius 3 is 2.65 bits per heavy atom. The standard InChI is InChI=1S/C30H39FO9/c1-5-37-28-27-23-19(31)15-18-22(24(34)21-17(25(18)35-3)11-10-12-20(21)33)26(23)40-30(28,29(2,36-4)16-38-27)39-14-9-7-6-8-13-32/h15,27-28,32,34H,5-14,16H2,1-4H3/t27?,28?,29-,30-/m1/s1. The second-order valence-corrected chi connectivity index (χ2v) is 10.8. The Kier molecular flexibility index (Phi) is 8.27. The Bertz CT molecular complexity index is 1280. The molecule has 10 heteroatoms. The van der Waals surface area contributed by atoms with Gasteiger partial charge in [-0.25, -0.2) is 4.39 Å². The molecule has 1 fully saturated rings. The monoisotopic (exact) mass is 562 g/mol. The Morgan fingerprint density at radius 1 is 1.18 bits per heavy atom. The van der Waals surface area contributed by atoms with Gasteiger partial charge in [0, 0.05) is 37.7 Å². The van der Waals surface area contributed by atoms with Crippen molar-refractivity contribution in [3.05, 3.63) is 28.6 Å². The number of rotatable bonds is 11. The van der Waals surface area contributed by atoms with E-state index in [9.17, 15) is 9.90 Å². The molecule has 4 atom stereocenters. The van der Waals surface area contributed by atoms with Crippen molar-refractivity contribution in [3.8, 4) is 17.2 Å². The highest BCUT2D eigenvalue weighted by molar-refractivity contribution is 6.11. The van der Waals surface area contributed by atoms with Gasteiger partial charge in [-0.3, -0.25) is 4.79 Å². The topological polar surface area (TPSA) is 113 Å². The van der Waals surface area contributed by atoms with E-state index in [2.05, 4.69) is 0 Å². The molecule has 0 amide bonds. The smallest absolute Gasteiger partial charge is 0.271 e. The van der Waals surface area contributed by atoms with E-state index < -0.39 is 29.4 Å². The molecule has 1 saturated heterocycles. The van der Waals surface area contributed by atoms with Crippen molar-refractivity contribution in [1.29, 1.82) is 0 Å². The van der Waals surface area contributed by atoms with Crippen LogP contribution in [0.25, 0.3) is 10.8 Å².